The molecule has 1 atom stereocenters. The van der Waals surface area contributed by atoms with E-state index in [1.807, 2.05) is 0 Å². The van der Waals surface area contributed by atoms with Crippen molar-refractivity contribution in [3.63, 3.8) is 0 Å². The molecule has 2 aromatic rings. The highest BCUT2D eigenvalue weighted by atomic mass is 19.1. The van der Waals surface area contributed by atoms with E-state index < -0.39 is 23.6 Å². The molecule has 7 heteroatoms. The Morgan fingerprint density at radius 3 is 2.38 bits per heavy atom. The van der Waals surface area contributed by atoms with Crippen LogP contribution in [0.4, 0.5) is 4.39 Å². The Labute approximate surface area is 150 Å². The Morgan fingerprint density at radius 1 is 1.08 bits per heavy atom. The van der Waals surface area contributed by atoms with Crippen LogP contribution in [0.1, 0.15) is 15.9 Å². The van der Waals surface area contributed by atoms with E-state index >= 15 is 0 Å². The van der Waals surface area contributed by atoms with E-state index in [1.54, 1.807) is 24.3 Å². The Morgan fingerprint density at radius 2 is 1.73 bits per heavy atom. The number of carbonyl (C=O) groups is 2. The molecule has 0 saturated heterocycles. The van der Waals surface area contributed by atoms with Crippen LogP contribution in [0.5, 0.6) is 11.5 Å². The second-order valence-corrected chi connectivity index (χ2v) is 5.58. The van der Waals surface area contributed by atoms with Gasteiger partial charge >= 0.3 is 5.97 Å². The van der Waals surface area contributed by atoms with Gasteiger partial charge < -0.3 is 19.9 Å². The first-order valence-electron chi connectivity index (χ1n) is 7.93. The lowest BCUT2D eigenvalue weighted by molar-refractivity contribution is -0.141. The first-order valence-corrected chi connectivity index (χ1v) is 7.93. The number of ether oxygens (including phenoxy) is 2. The van der Waals surface area contributed by atoms with E-state index in [-0.39, 0.29) is 24.3 Å². The Hall–Kier alpha value is -3.09. The summed E-state index contributed by atoms with van der Waals surface area (Å²) in [7, 11) is 2.83. The number of hydrogen-bond acceptors (Lipinski definition) is 4. The number of benzene rings is 2. The van der Waals surface area contributed by atoms with Gasteiger partial charge in [0, 0.05) is 6.54 Å². The number of hydrogen-bond donors (Lipinski definition) is 2. The lowest BCUT2D eigenvalue weighted by atomic mass is 9.98. The molecule has 2 aromatic carbocycles. The topological polar surface area (TPSA) is 84.9 Å². The van der Waals surface area contributed by atoms with Crippen LogP contribution in [0.15, 0.2) is 42.5 Å². The van der Waals surface area contributed by atoms with Gasteiger partial charge in [-0.2, -0.15) is 0 Å². The van der Waals surface area contributed by atoms with Crippen LogP contribution in [0.2, 0.25) is 0 Å². The molecule has 2 N–H and O–H groups in total. The molecule has 26 heavy (non-hydrogen) atoms. The van der Waals surface area contributed by atoms with Gasteiger partial charge in [0.15, 0.2) is 0 Å². The first kappa shape index (κ1) is 19.2. The molecular weight excluding hydrogens is 341 g/mol. The number of amides is 1. The molecule has 1 amide bonds. The van der Waals surface area contributed by atoms with Gasteiger partial charge in [-0.1, -0.05) is 24.3 Å². The van der Waals surface area contributed by atoms with Crippen LogP contribution in [0, 0.1) is 11.7 Å². The van der Waals surface area contributed by atoms with Crippen molar-refractivity contribution in [3.05, 3.63) is 59.4 Å². The van der Waals surface area contributed by atoms with Gasteiger partial charge in [0.25, 0.3) is 5.91 Å². The van der Waals surface area contributed by atoms with Crippen molar-refractivity contribution in [1.82, 2.24) is 5.32 Å². The molecule has 0 radical (unpaired) electrons. The van der Waals surface area contributed by atoms with Crippen LogP contribution in [-0.2, 0) is 11.2 Å². The lowest BCUT2D eigenvalue weighted by Gasteiger charge is -2.16. The maximum absolute atomic E-state index is 13.9. The highest BCUT2D eigenvalue weighted by molar-refractivity contribution is 5.97. The third kappa shape index (κ3) is 4.50. The van der Waals surface area contributed by atoms with E-state index in [2.05, 4.69) is 5.32 Å². The maximum Gasteiger partial charge on any atom is 0.308 e. The average Bonchev–Trinajstić information content (AvgIpc) is 2.64. The molecule has 0 aromatic heterocycles. The molecule has 0 saturated carbocycles. The van der Waals surface area contributed by atoms with Crippen molar-refractivity contribution in [3.8, 4) is 11.5 Å². The van der Waals surface area contributed by atoms with Crippen LogP contribution in [0.3, 0.4) is 0 Å². The van der Waals surface area contributed by atoms with E-state index in [0.717, 1.165) is 6.07 Å². The third-order valence-corrected chi connectivity index (χ3v) is 3.94. The van der Waals surface area contributed by atoms with Crippen molar-refractivity contribution in [2.75, 3.05) is 20.8 Å². The monoisotopic (exact) mass is 361 g/mol. The second kappa shape index (κ2) is 8.84. The molecular formula is C19H20FNO5. The minimum Gasteiger partial charge on any atom is -0.496 e. The zero-order valence-corrected chi connectivity index (χ0v) is 14.5. The molecule has 0 heterocycles. The van der Waals surface area contributed by atoms with Crippen LogP contribution < -0.4 is 14.8 Å². The van der Waals surface area contributed by atoms with Crippen LogP contribution >= 0.6 is 0 Å². The molecule has 138 valence electrons. The largest absolute Gasteiger partial charge is 0.496 e. The normalized spacial score (nSPS) is 11.5. The summed E-state index contributed by atoms with van der Waals surface area (Å²) in [4.78, 5) is 23.9. The molecule has 0 spiro atoms. The third-order valence-electron chi connectivity index (χ3n) is 3.94. The number of carboxylic acids is 1. The molecule has 0 aliphatic heterocycles. The highest BCUT2D eigenvalue weighted by Crippen LogP contribution is 2.22. The minimum absolute atomic E-state index is 0.0825. The van der Waals surface area contributed by atoms with Gasteiger partial charge in [-0.25, -0.2) is 4.39 Å². The van der Waals surface area contributed by atoms with E-state index in [9.17, 15) is 19.1 Å². The summed E-state index contributed by atoms with van der Waals surface area (Å²) in [5, 5.41) is 11.9. The summed E-state index contributed by atoms with van der Waals surface area (Å²) < 4.78 is 24.2. The highest BCUT2D eigenvalue weighted by Gasteiger charge is 2.23. The van der Waals surface area contributed by atoms with Crippen LogP contribution in [-0.4, -0.2) is 37.7 Å². The predicted molar refractivity (Wildman–Crippen MR) is 93.1 cm³/mol. The lowest BCUT2D eigenvalue weighted by Crippen LogP contribution is -2.34. The quantitative estimate of drug-likeness (QED) is 0.755. The van der Waals surface area contributed by atoms with Crippen LogP contribution in [0.25, 0.3) is 0 Å². The van der Waals surface area contributed by atoms with Gasteiger partial charge in [0.2, 0.25) is 0 Å². The molecule has 1 unspecified atom stereocenters. The Balaban J connectivity index is 2.12. The SMILES string of the molecule is COc1ccccc1CC(CNC(=O)c1c(F)cccc1OC)C(=O)O. The zero-order valence-electron chi connectivity index (χ0n) is 14.5. The number of carboxylic acid groups (broad SMARTS) is 1. The van der Waals surface area contributed by atoms with Crippen molar-refractivity contribution < 1.29 is 28.6 Å². The van der Waals surface area contributed by atoms with E-state index in [4.69, 9.17) is 9.47 Å². The molecule has 0 aliphatic rings. The fraction of sp³-hybridized carbons (Fsp3) is 0.263. The Kier molecular flexibility index (Phi) is 6.54. The summed E-state index contributed by atoms with van der Waals surface area (Å²) in [5.41, 5.74) is 0.455. The number of halogens is 1. The number of aliphatic carboxylic acids is 1. The van der Waals surface area contributed by atoms with Gasteiger partial charge in [-0.05, 0) is 30.2 Å². The van der Waals surface area contributed by atoms with E-state index in [0.29, 0.717) is 11.3 Å². The summed E-state index contributed by atoms with van der Waals surface area (Å²) in [6.07, 6.45) is 0.161. The molecule has 0 fully saturated rings. The number of para-hydroxylation sites is 1. The zero-order chi connectivity index (χ0) is 19.1. The van der Waals surface area contributed by atoms with Gasteiger partial charge in [-0.3, -0.25) is 9.59 Å². The van der Waals surface area contributed by atoms with Gasteiger partial charge in [0.1, 0.15) is 22.9 Å². The smallest absolute Gasteiger partial charge is 0.308 e. The van der Waals surface area contributed by atoms with Crippen molar-refractivity contribution >= 4 is 11.9 Å². The van der Waals surface area contributed by atoms with E-state index in [1.165, 1.54) is 26.4 Å². The number of rotatable bonds is 8. The summed E-state index contributed by atoms with van der Waals surface area (Å²) in [5.74, 6) is -2.78. The summed E-state index contributed by atoms with van der Waals surface area (Å²) >= 11 is 0. The fourth-order valence-corrected chi connectivity index (χ4v) is 2.58. The first-order chi connectivity index (χ1) is 12.5. The van der Waals surface area contributed by atoms with Crippen molar-refractivity contribution in [2.45, 2.75) is 6.42 Å². The Bertz CT molecular complexity index is 793. The van der Waals surface area contributed by atoms with Gasteiger partial charge in [-0.15, -0.1) is 0 Å². The number of methoxy groups -OCH3 is 2. The standard InChI is InChI=1S/C19H20FNO5/c1-25-15-8-4-3-6-12(15)10-13(19(23)24)11-21-18(22)17-14(20)7-5-9-16(17)26-2/h3-9,13H,10-11H2,1-2H3,(H,21,22)(H,23,24). The number of carbonyl (C=O) groups excluding carboxylic acids is 1. The number of nitrogens with one attached hydrogen (secondary N) is 1. The van der Waals surface area contributed by atoms with Crippen molar-refractivity contribution in [1.29, 1.82) is 0 Å². The maximum atomic E-state index is 13.9. The molecule has 0 bridgehead atoms. The molecule has 6 nitrogen and oxygen atoms in total. The van der Waals surface area contributed by atoms with Crippen molar-refractivity contribution in [2.24, 2.45) is 5.92 Å². The van der Waals surface area contributed by atoms with Gasteiger partial charge in [0.05, 0.1) is 20.1 Å². The molecule has 0 aliphatic carbocycles. The second-order valence-electron chi connectivity index (χ2n) is 5.58. The summed E-state index contributed by atoms with van der Waals surface area (Å²) in [6, 6.07) is 11.1. The summed E-state index contributed by atoms with van der Waals surface area (Å²) in [6.45, 7) is -0.163. The predicted octanol–water partition coefficient (Wildman–Crippen LogP) is 2.52. The average molecular weight is 361 g/mol. The fourth-order valence-electron chi connectivity index (χ4n) is 2.58. The molecule has 2 rings (SSSR count). The minimum atomic E-state index is -1.07.